The molecule has 0 saturated heterocycles. The fraction of sp³-hybridized carbons (Fsp3) is 0.278. The highest BCUT2D eigenvalue weighted by Crippen LogP contribution is 2.38. The van der Waals surface area contributed by atoms with Crippen LogP contribution in [0.1, 0.15) is 6.92 Å². The molecule has 0 spiro atoms. The predicted molar refractivity (Wildman–Crippen MR) is 105 cm³/mol. The van der Waals surface area contributed by atoms with Gasteiger partial charge in [0.15, 0.2) is 28.2 Å². The highest BCUT2D eigenvalue weighted by molar-refractivity contribution is 7.99. The van der Waals surface area contributed by atoms with Gasteiger partial charge in [-0.1, -0.05) is 23.4 Å². The molecule has 2 aromatic heterocycles. The molecule has 1 amide bonds. The lowest BCUT2D eigenvalue weighted by Crippen LogP contribution is -2.17. The van der Waals surface area contributed by atoms with Crippen molar-refractivity contribution < 1.29 is 18.7 Å². The quantitative estimate of drug-likeness (QED) is 0.607. The average molecular weight is 421 g/mol. The molecular formula is C18H17ClN4O4S. The first-order valence-electron chi connectivity index (χ1n) is 8.64. The number of amides is 1. The van der Waals surface area contributed by atoms with Crippen LogP contribution in [0.2, 0.25) is 5.02 Å². The molecule has 0 aliphatic carbocycles. The second kappa shape index (κ2) is 8.15. The van der Waals surface area contributed by atoms with Gasteiger partial charge in [0.1, 0.15) is 13.2 Å². The molecule has 10 heteroatoms. The number of hydrogen-bond acceptors (Lipinski definition) is 7. The second-order valence-electron chi connectivity index (χ2n) is 5.84. The molecule has 8 nitrogen and oxygen atoms in total. The lowest BCUT2D eigenvalue weighted by atomic mass is 10.2. The van der Waals surface area contributed by atoms with Gasteiger partial charge in [0.25, 0.3) is 0 Å². The van der Waals surface area contributed by atoms with E-state index in [4.69, 9.17) is 25.5 Å². The summed E-state index contributed by atoms with van der Waals surface area (Å²) in [6.07, 6.45) is 1.58. The monoisotopic (exact) mass is 420 g/mol. The first kappa shape index (κ1) is 18.7. The van der Waals surface area contributed by atoms with Crippen LogP contribution in [0.5, 0.6) is 11.5 Å². The number of aromatic nitrogens is 3. The van der Waals surface area contributed by atoms with E-state index in [0.29, 0.717) is 58.7 Å². The van der Waals surface area contributed by atoms with Crippen molar-refractivity contribution >= 4 is 35.0 Å². The molecular weight excluding hydrogens is 404 g/mol. The van der Waals surface area contributed by atoms with E-state index in [-0.39, 0.29) is 11.7 Å². The number of nitrogens with one attached hydrogen (secondary N) is 1. The molecule has 146 valence electrons. The molecule has 1 aliphatic heterocycles. The van der Waals surface area contributed by atoms with Crippen LogP contribution in [0.25, 0.3) is 11.6 Å². The summed E-state index contributed by atoms with van der Waals surface area (Å²) in [5.74, 6) is 2.34. The molecule has 0 bridgehead atoms. The van der Waals surface area contributed by atoms with E-state index >= 15 is 0 Å². The molecule has 0 unspecified atom stereocenters. The normalized spacial score (nSPS) is 12.8. The maximum atomic E-state index is 12.4. The van der Waals surface area contributed by atoms with Crippen LogP contribution < -0.4 is 14.8 Å². The molecule has 0 saturated carbocycles. The van der Waals surface area contributed by atoms with E-state index in [9.17, 15) is 4.79 Å². The summed E-state index contributed by atoms with van der Waals surface area (Å²) in [6, 6.07) is 6.92. The third-order valence-corrected chi connectivity index (χ3v) is 5.29. The Morgan fingerprint density at radius 3 is 2.79 bits per heavy atom. The summed E-state index contributed by atoms with van der Waals surface area (Å²) in [5, 5.41) is 12.2. The van der Waals surface area contributed by atoms with Gasteiger partial charge in [-0.2, -0.15) is 0 Å². The number of fused-ring (bicyclic) bond motifs is 1. The van der Waals surface area contributed by atoms with Crippen molar-refractivity contribution in [1.29, 1.82) is 0 Å². The van der Waals surface area contributed by atoms with Crippen LogP contribution in [0.3, 0.4) is 0 Å². The molecule has 0 fully saturated rings. The largest absolute Gasteiger partial charge is 0.486 e. The van der Waals surface area contributed by atoms with Gasteiger partial charge in [-0.05, 0) is 19.1 Å². The Hall–Kier alpha value is -2.65. The molecule has 1 aromatic carbocycles. The van der Waals surface area contributed by atoms with Gasteiger partial charge in [-0.3, -0.25) is 9.36 Å². The second-order valence-corrected chi connectivity index (χ2v) is 7.19. The lowest BCUT2D eigenvalue weighted by Gasteiger charge is -2.20. The fourth-order valence-corrected chi connectivity index (χ4v) is 3.75. The Morgan fingerprint density at radius 1 is 1.29 bits per heavy atom. The van der Waals surface area contributed by atoms with Gasteiger partial charge in [0.05, 0.1) is 22.7 Å². The van der Waals surface area contributed by atoms with Crippen LogP contribution in [-0.2, 0) is 11.3 Å². The number of rotatable bonds is 6. The maximum absolute atomic E-state index is 12.4. The van der Waals surface area contributed by atoms with E-state index in [2.05, 4.69) is 15.5 Å². The molecule has 0 atom stereocenters. The summed E-state index contributed by atoms with van der Waals surface area (Å²) >= 11 is 7.52. The number of carbonyl (C=O) groups is 1. The summed E-state index contributed by atoms with van der Waals surface area (Å²) < 4.78 is 18.3. The molecule has 3 heterocycles. The molecule has 4 rings (SSSR count). The number of carbonyl (C=O) groups excluding carboxylic acids is 1. The SMILES string of the molecule is CCn1c(SCC(=O)Nc2cc3c(cc2Cl)OCCO3)nnc1-c1ccco1. The van der Waals surface area contributed by atoms with Crippen LogP contribution in [0.4, 0.5) is 5.69 Å². The van der Waals surface area contributed by atoms with Crippen molar-refractivity contribution in [2.24, 2.45) is 0 Å². The molecule has 1 N–H and O–H groups in total. The van der Waals surface area contributed by atoms with Crippen molar-refractivity contribution in [3.05, 3.63) is 35.6 Å². The Kier molecular flexibility index (Phi) is 5.45. The molecule has 1 aliphatic rings. The Balaban J connectivity index is 1.43. The molecule has 0 radical (unpaired) electrons. The minimum Gasteiger partial charge on any atom is -0.486 e. The zero-order chi connectivity index (χ0) is 19.5. The highest BCUT2D eigenvalue weighted by Gasteiger charge is 2.18. The zero-order valence-electron chi connectivity index (χ0n) is 15.0. The standard InChI is InChI=1S/C18H17ClN4O4S/c1-2-23-17(13-4-3-5-25-13)21-22-18(23)28-10-16(24)20-12-9-15-14(8-11(12)19)26-6-7-27-15/h3-5,8-9H,2,6-7,10H2,1H3,(H,20,24). The van der Waals surface area contributed by atoms with Gasteiger partial charge >= 0.3 is 0 Å². The molecule has 28 heavy (non-hydrogen) atoms. The lowest BCUT2D eigenvalue weighted by molar-refractivity contribution is -0.113. The Bertz CT molecular complexity index is 990. The van der Waals surface area contributed by atoms with Gasteiger partial charge in [-0.25, -0.2) is 0 Å². The summed E-state index contributed by atoms with van der Waals surface area (Å²) in [4.78, 5) is 12.4. The van der Waals surface area contributed by atoms with Crippen LogP contribution in [0.15, 0.2) is 40.1 Å². The highest BCUT2D eigenvalue weighted by atomic mass is 35.5. The van der Waals surface area contributed by atoms with E-state index in [1.807, 2.05) is 17.6 Å². The first-order chi connectivity index (χ1) is 13.7. The van der Waals surface area contributed by atoms with E-state index in [1.54, 1.807) is 24.5 Å². The van der Waals surface area contributed by atoms with Crippen molar-refractivity contribution in [3.63, 3.8) is 0 Å². The minimum absolute atomic E-state index is 0.154. The van der Waals surface area contributed by atoms with Gasteiger partial charge in [0.2, 0.25) is 5.91 Å². The first-order valence-corrected chi connectivity index (χ1v) is 10.0. The number of furan rings is 1. The topological polar surface area (TPSA) is 91.4 Å². The summed E-state index contributed by atoms with van der Waals surface area (Å²) in [7, 11) is 0. The fourth-order valence-electron chi connectivity index (χ4n) is 2.74. The van der Waals surface area contributed by atoms with Gasteiger partial charge in [-0.15, -0.1) is 10.2 Å². The van der Waals surface area contributed by atoms with E-state index in [0.717, 1.165) is 0 Å². The number of hydrogen-bond donors (Lipinski definition) is 1. The van der Waals surface area contributed by atoms with Crippen molar-refractivity contribution in [1.82, 2.24) is 14.8 Å². The van der Waals surface area contributed by atoms with Gasteiger partial charge in [0, 0.05) is 18.7 Å². The summed E-state index contributed by atoms with van der Waals surface area (Å²) in [5.41, 5.74) is 0.477. The third-order valence-electron chi connectivity index (χ3n) is 4.01. The number of halogens is 1. The Labute approximate surface area is 170 Å². The third kappa shape index (κ3) is 3.81. The van der Waals surface area contributed by atoms with Crippen LogP contribution in [0, 0.1) is 0 Å². The molecule has 3 aromatic rings. The van der Waals surface area contributed by atoms with Crippen LogP contribution >= 0.6 is 23.4 Å². The van der Waals surface area contributed by atoms with Crippen molar-refractivity contribution in [2.45, 2.75) is 18.6 Å². The maximum Gasteiger partial charge on any atom is 0.234 e. The summed E-state index contributed by atoms with van der Waals surface area (Å²) in [6.45, 7) is 3.57. The number of benzene rings is 1. The smallest absolute Gasteiger partial charge is 0.234 e. The van der Waals surface area contributed by atoms with Crippen molar-refractivity contribution in [2.75, 3.05) is 24.3 Å². The van der Waals surface area contributed by atoms with E-state index in [1.165, 1.54) is 11.8 Å². The van der Waals surface area contributed by atoms with Crippen LogP contribution in [-0.4, -0.2) is 39.6 Å². The van der Waals surface area contributed by atoms with Crippen molar-refractivity contribution in [3.8, 4) is 23.1 Å². The predicted octanol–water partition coefficient (Wildman–Crippen LogP) is 3.71. The number of ether oxygens (including phenoxy) is 2. The van der Waals surface area contributed by atoms with E-state index < -0.39 is 0 Å². The average Bonchev–Trinajstić information content (AvgIpc) is 3.36. The minimum atomic E-state index is -0.214. The van der Waals surface area contributed by atoms with Gasteiger partial charge < -0.3 is 19.2 Å². The zero-order valence-corrected chi connectivity index (χ0v) is 16.5. The number of thioether (sulfide) groups is 1. The number of nitrogens with zero attached hydrogens (tertiary/aromatic N) is 3. The number of anilines is 1. The Morgan fingerprint density at radius 2 is 2.07 bits per heavy atom.